The number of hydrogen-bond donors (Lipinski definition) is 1. The fraction of sp³-hybridized carbons (Fsp3) is 0.421. The van der Waals surface area contributed by atoms with Crippen molar-refractivity contribution in [3.63, 3.8) is 0 Å². The molecule has 2 aromatic heterocycles. The molecule has 134 valence electrons. The van der Waals surface area contributed by atoms with Crippen LogP contribution in [0.25, 0.3) is 11.0 Å². The fourth-order valence-electron chi connectivity index (χ4n) is 3.63. The monoisotopic (exact) mass is 414 g/mol. The molecule has 3 aromatic rings. The normalized spacial score (nSPS) is 18.6. The molecule has 2 fully saturated rings. The van der Waals surface area contributed by atoms with E-state index in [9.17, 15) is 4.79 Å². The maximum Gasteiger partial charge on any atom is 0.289 e. The molecule has 1 N–H and O–H groups in total. The highest BCUT2D eigenvalue weighted by Crippen LogP contribution is 2.38. The zero-order valence-corrected chi connectivity index (χ0v) is 15.8. The molecule has 0 bridgehead atoms. The van der Waals surface area contributed by atoms with Crippen LogP contribution in [0, 0.1) is 0 Å². The Balaban J connectivity index is 1.27. The van der Waals surface area contributed by atoms with Crippen molar-refractivity contribution in [2.24, 2.45) is 0 Å². The second kappa shape index (κ2) is 6.23. The first-order valence-electron chi connectivity index (χ1n) is 9.08. The van der Waals surface area contributed by atoms with Gasteiger partial charge in [0.2, 0.25) is 0 Å². The quantitative estimate of drug-likeness (QED) is 0.696. The fourth-order valence-corrected chi connectivity index (χ4v) is 4.00. The molecule has 1 aromatic carbocycles. The van der Waals surface area contributed by atoms with E-state index in [2.05, 4.69) is 31.1 Å². The van der Waals surface area contributed by atoms with Crippen molar-refractivity contribution in [3.05, 3.63) is 46.1 Å². The first-order chi connectivity index (χ1) is 12.7. The van der Waals surface area contributed by atoms with E-state index in [4.69, 9.17) is 4.42 Å². The first kappa shape index (κ1) is 16.1. The maximum absolute atomic E-state index is 12.8. The van der Waals surface area contributed by atoms with Gasteiger partial charge in [-0.2, -0.15) is 5.10 Å². The number of benzene rings is 1. The Morgan fingerprint density at radius 2 is 1.96 bits per heavy atom. The van der Waals surface area contributed by atoms with Gasteiger partial charge in [0, 0.05) is 34.8 Å². The number of nitrogens with one attached hydrogen (secondary N) is 1. The minimum atomic E-state index is -0.0352. The third-order valence-electron chi connectivity index (χ3n) is 5.32. The van der Waals surface area contributed by atoms with Gasteiger partial charge in [-0.25, -0.2) is 4.98 Å². The van der Waals surface area contributed by atoms with Gasteiger partial charge in [-0.3, -0.25) is 9.89 Å². The van der Waals surface area contributed by atoms with Crippen molar-refractivity contribution in [2.45, 2.75) is 37.5 Å². The van der Waals surface area contributed by atoms with Gasteiger partial charge in [-0.05, 0) is 49.9 Å². The van der Waals surface area contributed by atoms with E-state index in [0.29, 0.717) is 30.7 Å². The van der Waals surface area contributed by atoms with E-state index in [1.54, 1.807) is 0 Å². The second-order valence-electron chi connectivity index (χ2n) is 7.21. The van der Waals surface area contributed by atoms with Gasteiger partial charge in [0.1, 0.15) is 11.4 Å². The van der Waals surface area contributed by atoms with Gasteiger partial charge in [0.25, 0.3) is 5.91 Å². The Morgan fingerprint density at radius 1 is 1.15 bits per heavy atom. The van der Waals surface area contributed by atoms with Gasteiger partial charge < -0.3 is 9.32 Å². The minimum absolute atomic E-state index is 0.0352. The molecule has 26 heavy (non-hydrogen) atoms. The summed E-state index contributed by atoms with van der Waals surface area (Å²) < 4.78 is 6.72. The van der Waals surface area contributed by atoms with Gasteiger partial charge in [-0.15, -0.1) is 0 Å². The Bertz CT molecular complexity index is 967. The molecule has 1 saturated heterocycles. The average molecular weight is 415 g/mol. The minimum Gasteiger partial charge on any atom is -0.451 e. The SMILES string of the molecule is O=C(c1cc2cc(Br)ccc2o1)N1CCC(c2nc(C3CC3)n[nH]2)CC1. The summed E-state index contributed by atoms with van der Waals surface area (Å²) in [5.74, 6) is 3.24. The summed E-state index contributed by atoms with van der Waals surface area (Å²) in [5.41, 5.74) is 0.737. The van der Waals surface area contributed by atoms with Crippen LogP contribution in [0.2, 0.25) is 0 Å². The summed E-state index contributed by atoms with van der Waals surface area (Å²) in [5, 5.41) is 8.40. The van der Waals surface area contributed by atoms with E-state index >= 15 is 0 Å². The highest BCUT2D eigenvalue weighted by atomic mass is 79.9. The highest BCUT2D eigenvalue weighted by Gasteiger charge is 2.31. The zero-order chi connectivity index (χ0) is 17.7. The molecule has 0 radical (unpaired) electrons. The topological polar surface area (TPSA) is 75.0 Å². The number of rotatable bonds is 3. The van der Waals surface area contributed by atoms with E-state index in [1.165, 1.54) is 12.8 Å². The van der Waals surface area contributed by atoms with Gasteiger partial charge in [0.05, 0.1) is 0 Å². The molecule has 0 unspecified atom stereocenters. The average Bonchev–Trinajstić information content (AvgIpc) is 3.24. The third kappa shape index (κ3) is 2.94. The highest BCUT2D eigenvalue weighted by molar-refractivity contribution is 9.10. The van der Waals surface area contributed by atoms with Crippen LogP contribution in [-0.4, -0.2) is 39.1 Å². The van der Waals surface area contributed by atoms with Gasteiger partial charge >= 0.3 is 0 Å². The summed E-state index contributed by atoms with van der Waals surface area (Å²) in [7, 11) is 0. The summed E-state index contributed by atoms with van der Waals surface area (Å²) in [6, 6.07) is 7.58. The number of aromatic amines is 1. The molecule has 6 nitrogen and oxygen atoms in total. The number of halogens is 1. The van der Waals surface area contributed by atoms with Crippen molar-refractivity contribution >= 4 is 32.8 Å². The van der Waals surface area contributed by atoms with Crippen LogP contribution >= 0.6 is 15.9 Å². The number of nitrogens with zero attached hydrogens (tertiary/aromatic N) is 3. The molecule has 7 heteroatoms. The Labute approximate surface area is 159 Å². The number of amides is 1. The van der Waals surface area contributed by atoms with Crippen LogP contribution in [0.15, 0.2) is 33.2 Å². The third-order valence-corrected chi connectivity index (χ3v) is 5.81. The smallest absolute Gasteiger partial charge is 0.289 e. The molecular weight excluding hydrogens is 396 g/mol. The lowest BCUT2D eigenvalue weighted by Gasteiger charge is -2.30. The molecule has 5 rings (SSSR count). The van der Waals surface area contributed by atoms with Crippen LogP contribution < -0.4 is 0 Å². The van der Waals surface area contributed by atoms with Crippen molar-refractivity contribution in [3.8, 4) is 0 Å². The summed E-state index contributed by atoms with van der Waals surface area (Å²) in [4.78, 5) is 19.3. The van der Waals surface area contributed by atoms with Crippen LogP contribution in [0.1, 0.15) is 59.7 Å². The summed E-state index contributed by atoms with van der Waals surface area (Å²) >= 11 is 3.45. The van der Waals surface area contributed by atoms with E-state index in [-0.39, 0.29) is 5.91 Å². The molecule has 3 heterocycles. The number of hydrogen-bond acceptors (Lipinski definition) is 4. The van der Waals surface area contributed by atoms with Crippen molar-refractivity contribution in [2.75, 3.05) is 13.1 Å². The Hall–Kier alpha value is -2.15. The number of H-pyrrole nitrogens is 1. The standard InChI is InChI=1S/C19H19BrN4O2/c20-14-3-4-15-13(9-14)10-16(26-15)19(25)24-7-5-12(6-8-24)18-21-17(22-23-18)11-1-2-11/h3-4,9-12H,1-2,5-8H2,(H,21,22,23). The van der Waals surface area contributed by atoms with Crippen molar-refractivity contribution < 1.29 is 9.21 Å². The van der Waals surface area contributed by atoms with E-state index < -0.39 is 0 Å². The molecule has 1 aliphatic heterocycles. The maximum atomic E-state index is 12.8. The molecule has 1 saturated carbocycles. The lowest BCUT2D eigenvalue weighted by atomic mass is 9.96. The van der Waals surface area contributed by atoms with Gasteiger partial charge in [-0.1, -0.05) is 15.9 Å². The summed E-state index contributed by atoms with van der Waals surface area (Å²) in [6.07, 6.45) is 4.21. The lowest BCUT2D eigenvalue weighted by molar-refractivity contribution is 0.0681. The number of piperidine rings is 1. The van der Waals surface area contributed by atoms with Crippen LogP contribution in [0.4, 0.5) is 0 Å². The number of aromatic nitrogens is 3. The number of carbonyl (C=O) groups excluding carboxylic acids is 1. The van der Waals surface area contributed by atoms with Crippen molar-refractivity contribution in [1.82, 2.24) is 20.1 Å². The Kier molecular flexibility index (Phi) is 3.85. The number of carbonyl (C=O) groups is 1. The van der Waals surface area contributed by atoms with Crippen LogP contribution in [-0.2, 0) is 0 Å². The first-order valence-corrected chi connectivity index (χ1v) is 9.87. The number of fused-ring (bicyclic) bond motifs is 1. The van der Waals surface area contributed by atoms with E-state index in [0.717, 1.165) is 39.9 Å². The van der Waals surface area contributed by atoms with Crippen LogP contribution in [0.5, 0.6) is 0 Å². The van der Waals surface area contributed by atoms with E-state index in [1.807, 2.05) is 29.2 Å². The predicted octanol–water partition coefficient (Wildman–Crippen LogP) is 4.21. The molecule has 1 amide bonds. The molecule has 2 aliphatic rings. The van der Waals surface area contributed by atoms with Crippen molar-refractivity contribution in [1.29, 1.82) is 0 Å². The second-order valence-corrected chi connectivity index (χ2v) is 8.13. The molecule has 0 atom stereocenters. The number of likely N-dealkylation sites (tertiary alicyclic amines) is 1. The predicted molar refractivity (Wildman–Crippen MR) is 100 cm³/mol. The largest absolute Gasteiger partial charge is 0.451 e. The molecular formula is C19H19BrN4O2. The molecule has 1 aliphatic carbocycles. The summed E-state index contributed by atoms with van der Waals surface area (Å²) in [6.45, 7) is 1.42. The number of furan rings is 1. The molecule has 0 spiro atoms. The Morgan fingerprint density at radius 3 is 2.73 bits per heavy atom. The van der Waals surface area contributed by atoms with Gasteiger partial charge in [0.15, 0.2) is 11.6 Å². The van der Waals surface area contributed by atoms with Crippen LogP contribution in [0.3, 0.4) is 0 Å². The zero-order valence-electron chi connectivity index (χ0n) is 14.2. The lowest BCUT2D eigenvalue weighted by Crippen LogP contribution is -2.37.